The largest absolute Gasteiger partial charge is 0.491 e. The predicted octanol–water partition coefficient (Wildman–Crippen LogP) is 4.59. The fraction of sp³-hybridized carbons (Fsp3) is 0.208. The molecule has 0 bridgehead atoms. The predicted molar refractivity (Wildman–Crippen MR) is 108 cm³/mol. The third-order valence-corrected chi connectivity index (χ3v) is 4.43. The summed E-state index contributed by atoms with van der Waals surface area (Å²) in [6, 6.07) is 26.4. The Morgan fingerprint density at radius 1 is 0.893 bits per heavy atom. The van der Waals surface area contributed by atoms with Gasteiger partial charge in [0.2, 0.25) is 0 Å². The number of aliphatic hydroxyl groups excluding tert-OH is 1. The number of ketones is 1. The highest BCUT2D eigenvalue weighted by Gasteiger charge is 2.23. The maximum atomic E-state index is 11.4. The molecule has 0 amide bonds. The number of Topliss-reactive ketones (excluding diaryl/α,β-unsaturated/α-hetero) is 1. The van der Waals surface area contributed by atoms with Crippen LogP contribution in [0.4, 0.5) is 0 Å². The summed E-state index contributed by atoms with van der Waals surface area (Å²) in [5.41, 5.74) is 2.55. The molecule has 3 aromatic carbocycles. The van der Waals surface area contributed by atoms with Crippen LogP contribution in [-0.2, 0) is 11.3 Å². The van der Waals surface area contributed by atoms with Gasteiger partial charge in [-0.05, 0) is 42.3 Å². The van der Waals surface area contributed by atoms with Crippen molar-refractivity contribution >= 4 is 5.78 Å². The molecule has 0 spiro atoms. The van der Waals surface area contributed by atoms with Gasteiger partial charge in [-0.1, -0.05) is 60.7 Å². The molecule has 0 fully saturated rings. The zero-order valence-electron chi connectivity index (χ0n) is 15.8. The van der Waals surface area contributed by atoms with Gasteiger partial charge in [-0.25, -0.2) is 0 Å². The second kappa shape index (κ2) is 9.83. The lowest BCUT2D eigenvalue weighted by molar-refractivity contribution is -0.0633. The molecule has 0 heterocycles. The smallest absolute Gasteiger partial charge is 0.159 e. The van der Waals surface area contributed by atoms with E-state index in [0.717, 1.165) is 11.1 Å². The zero-order valence-corrected chi connectivity index (χ0v) is 15.8. The first kappa shape index (κ1) is 19.8. The second-order valence-electron chi connectivity index (χ2n) is 6.59. The molecule has 28 heavy (non-hydrogen) atoms. The van der Waals surface area contributed by atoms with Crippen molar-refractivity contribution in [3.63, 3.8) is 0 Å². The van der Waals surface area contributed by atoms with Crippen LogP contribution in [0.25, 0.3) is 0 Å². The third kappa shape index (κ3) is 5.52. The van der Waals surface area contributed by atoms with Crippen molar-refractivity contribution in [3.05, 3.63) is 102 Å². The molecule has 0 radical (unpaired) electrons. The monoisotopic (exact) mass is 376 g/mol. The Hall–Kier alpha value is -2.95. The summed E-state index contributed by atoms with van der Waals surface area (Å²) in [5, 5.41) is 10.7. The van der Waals surface area contributed by atoms with Gasteiger partial charge >= 0.3 is 0 Å². The molecule has 0 saturated heterocycles. The van der Waals surface area contributed by atoms with Crippen LogP contribution in [0.5, 0.6) is 5.75 Å². The quantitative estimate of drug-likeness (QED) is 0.555. The number of carbonyl (C=O) groups is 1. The number of aliphatic hydroxyl groups is 1. The van der Waals surface area contributed by atoms with Crippen LogP contribution in [0.1, 0.15) is 34.5 Å². The van der Waals surface area contributed by atoms with E-state index in [2.05, 4.69) is 0 Å². The van der Waals surface area contributed by atoms with Crippen molar-refractivity contribution in [3.8, 4) is 5.75 Å². The molecule has 144 valence electrons. The Labute approximate surface area is 165 Å². The van der Waals surface area contributed by atoms with E-state index in [0.29, 0.717) is 17.9 Å². The first-order valence-electron chi connectivity index (χ1n) is 9.26. The summed E-state index contributed by atoms with van der Waals surface area (Å²) in [6.07, 6.45) is -1.36. The molecule has 4 heteroatoms. The fourth-order valence-corrected chi connectivity index (χ4v) is 2.89. The van der Waals surface area contributed by atoms with Crippen molar-refractivity contribution in [2.45, 2.75) is 25.7 Å². The van der Waals surface area contributed by atoms with Gasteiger partial charge in [0, 0.05) is 5.56 Å². The number of ether oxygens (including phenoxy) is 2. The molecular formula is C24H24O4. The summed E-state index contributed by atoms with van der Waals surface area (Å²) >= 11 is 0. The van der Waals surface area contributed by atoms with Gasteiger partial charge in [0.25, 0.3) is 0 Å². The Bertz CT molecular complexity index is 860. The fourth-order valence-electron chi connectivity index (χ4n) is 2.89. The molecule has 1 N–H and O–H groups in total. The van der Waals surface area contributed by atoms with E-state index in [1.807, 2.05) is 60.7 Å². The molecule has 3 aromatic rings. The molecule has 0 aliphatic rings. The average Bonchev–Trinajstić information content (AvgIpc) is 2.74. The number of rotatable bonds is 9. The topological polar surface area (TPSA) is 55.8 Å². The normalized spacial score (nSPS) is 12.9. The summed E-state index contributed by atoms with van der Waals surface area (Å²) < 4.78 is 11.8. The van der Waals surface area contributed by atoms with E-state index in [1.165, 1.54) is 6.92 Å². The van der Waals surface area contributed by atoms with Crippen LogP contribution in [0.15, 0.2) is 84.9 Å². The molecule has 0 aliphatic heterocycles. The van der Waals surface area contributed by atoms with Crippen molar-refractivity contribution in [2.24, 2.45) is 0 Å². The highest BCUT2D eigenvalue weighted by atomic mass is 16.5. The van der Waals surface area contributed by atoms with Crippen LogP contribution in [0, 0.1) is 0 Å². The summed E-state index contributed by atoms with van der Waals surface area (Å²) in [5.74, 6) is 0.601. The van der Waals surface area contributed by atoms with Crippen molar-refractivity contribution < 1.29 is 19.4 Å². The van der Waals surface area contributed by atoms with Gasteiger partial charge in [0.05, 0.1) is 6.61 Å². The second-order valence-corrected chi connectivity index (χ2v) is 6.59. The lowest BCUT2D eigenvalue weighted by Crippen LogP contribution is -2.27. The minimum Gasteiger partial charge on any atom is -0.491 e. The van der Waals surface area contributed by atoms with Crippen LogP contribution in [0.2, 0.25) is 0 Å². The minimum absolute atomic E-state index is 0.00467. The molecule has 0 aliphatic carbocycles. The highest BCUT2D eigenvalue weighted by molar-refractivity contribution is 5.94. The number of hydrogen-bond donors (Lipinski definition) is 1. The van der Waals surface area contributed by atoms with Crippen molar-refractivity contribution in [1.82, 2.24) is 0 Å². The van der Waals surface area contributed by atoms with Crippen LogP contribution in [0.3, 0.4) is 0 Å². The van der Waals surface area contributed by atoms with Gasteiger partial charge in [-0.3, -0.25) is 4.79 Å². The van der Waals surface area contributed by atoms with E-state index in [9.17, 15) is 9.90 Å². The van der Waals surface area contributed by atoms with Gasteiger partial charge in [-0.2, -0.15) is 0 Å². The number of carbonyl (C=O) groups excluding carboxylic acids is 1. The van der Waals surface area contributed by atoms with Crippen molar-refractivity contribution in [2.75, 3.05) is 6.61 Å². The third-order valence-electron chi connectivity index (χ3n) is 4.43. The molecule has 2 atom stereocenters. The summed E-state index contributed by atoms with van der Waals surface area (Å²) in [4.78, 5) is 11.4. The number of benzene rings is 3. The Morgan fingerprint density at radius 2 is 1.50 bits per heavy atom. The molecule has 3 rings (SSSR count). The van der Waals surface area contributed by atoms with Gasteiger partial charge in [0.1, 0.15) is 24.6 Å². The lowest BCUT2D eigenvalue weighted by atomic mass is 10.0. The Kier molecular flexibility index (Phi) is 6.95. The van der Waals surface area contributed by atoms with Crippen LogP contribution >= 0.6 is 0 Å². The average molecular weight is 376 g/mol. The van der Waals surface area contributed by atoms with Crippen LogP contribution in [-0.4, -0.2) is 23.6 Å². The molecule has 0 unspecified atom stereocenters. The SMILES string of the molecule is CC(=O)c1ccc(OC[C@@H](O)[C@H](OCc2ccccc2)c2ccccc2)cc1. The molecule has 0 saturated carbocycles. The maximum absolute atomic E-state index is 11.4. The lowest BCUT2D eigenvalue weighted by Gasteiger charge is -2.24. The highest BCUT2D eigenvalue weighted by Crippen LogP contribution is 2.24. The standard InChI is InChI=1S/C24H24O4/c1-18(25)20-12-14-22(15-13-20)27-17-23(26)24(21-10-6-3-7-11-21)28-16-19-8-4-2-5-9-19/h2-15,23-24,26H,16-17H2,1H3/t23-,24-/m1/s1. The minimum atomic E-state index is -0.849. The molecule has 0 aromatic heterocycles. The maximum Gasteiger partial charge on any atom is 0.159 e. The summed E-state index contributed by atoms with van der Waals surface area (Å²) in [7, 11) is 0. The van der Waals surface area contributed by atoms with Crippen LogP contribution < -0.4 is 4.74 Å². The zero-order chi connectivity index (χ0) is 19.8. The van der Waals surface area contributed by atoms with Gasteiger partial charge in [-0.15, -0.1) is 0 Å². The first-order chi connectivity index (χ1) is 13.6. The summed E-state index contributed by atoms with van der Waals surface area (Å²) in [6.45, 7) is 1.99. The molecular weight excluding hydrogens is 352 g/mol. The van der Waals surface area contributed by atoms with Gasteiger partial charge in [0.15, 0.2) is 5.78 Å². The Balaban J connectivity index is 1.65. The van der Waals surface area contributed by atoms with E-state index < -0.39 is 12.2 Å². The Morgan fingerprint density at radius 3 is 2.11 bits per heavy atom. The van der Waals surface area contributed by atoms with Crippen molar-refractivity contribution in [1.29, 1.82) is 0 Å². The first-order valence-corrected chi connectivity index (χ1v) is 9.26. The van der Waals surface area contributed by atoms with E-state index in [1.54, 1.807) is 24.3 Å². The van der Waals surface area contributed by atoms with E-state index in [4.69, 9.17) is 9.47 Å². The van der Waals surface area contributed by atoms with E-state index >= 15 is 0 Å². The van der Waals surface area contributed by atoms with E-state index in [-0.39, 0.29) is 12.4 Å². The number of hydrogen-bond acceptors (Lipinski definition) is 4. The van der Waals surface area contributed by atoms with Gasteiger partial charge < -0.3 is 14.6 Å². The molecule has 4 nitrogen and oxygen atoms in total.